The Hall–Kier alpha value is -1.69. The Morgan fingerprint density at radius 1 is 1.21 bits per heavy atom. The van der Waals surface area contributed by atoms with Crippen molar-refractivity contribution in [2.45, 2.75) is 19.4 Å². The normalized spacial score (nSPS) is 14.0. The zero-order valence-corrected chi connectivity index (χ0v) is 14.7. The van der Waals surface area contributed by atoms with Crippen molar-refractivity contribution in [1.29, 1.82) is 0 Å². The molecule has 0 atom stereocenters. The molecule has 24 heavy (non-hydrogen) atoms. The molecule has 3 rings (SSSR count). The number of fused-ring (bicyclic) bond motifs is 1. The Kier molecular flexibility index (Phi) is 6.01. The van der Waals surface area contributed by atoms with Crippen molar-refractivity contribution in [3.63, 3.8) is 0 Å². The van der Waals surface area contributed by atoms with Crippen LogP contribution in [0.1, 0.15) is 16.0 Å². The van der Waals surface area contributed by atoms with Gasteiger partial charge in [-0.25, -0.2) is 0 Å². The van der Waals surface area contributed by atoms with Gasteiger partial charge in [0.25, 0.3) is 0 Å². The second-order valence-electron chi connectivity index (χ2n) is 6.17. The number of thiophene rings is 1. The minimum atomic E-state index is 0.0801. The Labute approximate surface area is 147 Å². The lowest BCUT2D eigenvalue weighted by Gasteiger charge is -2.30. The van der Waals surface area contributed by atoms with E-state index in [0.717, 1.165) is 32.5 Å². The van der Waals surface area contributed by atoms with Crippen LogP contribution < -0.4 is 0 Å². The zero-order valence-electron chi connectivity index (χ0n) is 13.9. The van der Waals surface area contributed by atoms with Crippen molar-refractivity contribution in [3.8, 4) is 0 Å². The van der Waals surface area contributed by atoms with Crippen LogP contribution in [0.4, 0.5) is 0 Å². The smallest absolute Gasteiger partial charge is 0.237 e. The molecule has 2 heterocycles. The van der Waals surface area contributed by atoms with E-state index in [9.17, 15) is 9.90 Å². The highest BCUT2D eigenvalue weighted by Gasteiger charge is 2.22. The summed E-state index contributed by atoms with van der Waals surface area (Å²) in [5.41, 5.74) is 2.55. The molecule has 4 nitrogen and oxygen atoms in total. The van der Waals surface area contributed by atoms with Crippen LogP contribution >= 0.6 is 11.3 Å². The minimum absolute atomic E-state index is 0.0801. The lowest BCUT2D eigenvalue weighted by atomic mass is 10.1. The van der Waals surface area contributed by atoms with Crippen LogP contribution in [0.3, 0.4) is 0 Å². The van der Waals surface area contributed by atoms with Crippen molar-refractivity contribution in [2.75, 3.05) is 32.8 Å². The number of aliphatic hydroxyl groups is 1. The number of hydrogen-bond donors (Lipinski definition) is 1. The number of nitrogens with zero attached hydrogens (tertiary/aromatic N) is 2. The molecule has 0 saturated carbocycles. The SMILES string of the molecule is O=C(CN(CCO)CCc1ccccc1)N1CCc2sccc2C1. The molecule has 1 aromatic carbocycles. The number of benzene rings is 1. The third kappa shape index (κ3) is 4.44. The quantitative estimate of drug-likeness (QED) is 0.837. The largest absolute Gasteiger partial charge is 0.395 e. The highest BCUT2D eigenvalue weighted by atomic mass is 32.1. The van der Waals surface area contributed by atoms with E-state index in [2.05, 4.69) is 28.5 Å². The fourth-order valence-corrected chi connectivity index (χ4v) is 3.99. The first-order valence-corrected chi connectivity index (χ1v) is 9.34. The van der Waals surface area contributed by atoms with E-state index in [1.54, 1.807) is 11.3 Å². The van der Waals surface area contributed by atoms with Crippen molar-refractivity contribution in [1.82, 2.24) is 9.80 Å². The molecule has 0 radical (unpaired) electrons. The number of carbonyl (C=O) groups is 1. The average molecular weight is 344 g/mol. The van der Waals surface area contributed by atoms with Crippen LogP contribution in [0.15, 0.2) is 41.8 Å². The van der Waals surface area contributed by atoms with Gasteiger partial charge in [0, 0.05) is 31.1 Å². The molecule has 1 amide bonds. The fraction of sp³-hybridized carbons (Fsp3) is 0.421. The summed E-state index contributed by atoms with van der Waals surface area (Å²) in [7, 11) is 0. The molecule has 1 N–H and O–H groups in total. The van der Waals surface area contributed by atoms with Gasteiger partial charge in [-0.05, 0) is 35.4 Å². The van der Waals surface area contributed by atoms with Gasteiger partial charge >= 0.3 is 0 Å². The van der Waals surface area contributed by atoms with Gasteiger partial charge in [-0.3, -0.25) is 9.69 Å². The van der Waals surface area contributed by atoms with E-state index in [1.807, 2.05) is 23.1 Å². The summed E-state index contributed by atoms with van der Waals surface area (Å²) in [6.07, 6.45) is 1.85. The van der Waals surface area contributed by atoms with E-state index >= 15 is 0 Å². The Morgan fingerprint density at radius 3 is 2.83 bits per heavy atom. The highest BCUT2D eigenvalue weighted by Crippen LogP contribution is 2.24. The lowest BCUT2D eigenvalue weighted by molar-refractivity contribution is -0.133. The Morgan fingerprint density at radius 2 is 2.04 bits per heavy atom. The van der Waals surface area contributed by atoms with Crippen LogP contribution in [-0.2, 0) is 24.2 Å². The van der Waals surface area contributed by atoms with Gasteiger partial charge < -0.3 is 10.0 Å². The van der Waals surface area contributed by atoms with Crippen LogP contribution in [0.5, 0.6) is 0 Å². The highest BCUT2D eigenvalue weighted by molar-refractivity contribution is 7.10. The van der Waals surface area contributed by atoms with Crippen molar-refractivity contribution < 1.29 is 9.90 Å². The molecule has 1 aromatic heterocycles. The van der Waals surface area contributed by atoms with Crippen molar-refractivity contribution >= 4 is 17.2 Å². The Bertz CT molecular complexity index is 656. The van der Waals surface area contributed by atoms with E-state index < -0.39 is 0 Å². The Balaban J connectivity index is 1.54. The topological polar surface area (TPSA) is 43.8 Å². The van der Waals surface area contributed by atoms with Gasteiger partial charge in [-0.1, -0.05) is 30.3 Å². The summed E-state index contributed by atoms with van der Waals surface area (Å²) >= 11 is 1.79. The van der Waals surface area contributed by atoms with E-state index in [-0.39, 0.29) is 12.5 Å². The summed E-state index contributed by atoms with van der Waals surface area (Å²) in [6, 6.07) is 12.4. The number of amides is 1. The molecular formula is C19H24N2O2S. The lowest BCUT2D eigenvalue weighted by Crippen LogP contribution is -2.43. The molecule has 1 aliphatic heterocycles. The van der Waals surface area contributed by atoms with E-state index in [0.29, 0.717) is 13.1 Å². The van der Waals surface area contributed by atoms with Gasteiger partial charge in [-0.2, -0.15) is 0 Å². The molecule has 0 fully saturated rings. The maximum absolute atomic E-state index is 12.6. The number of rotatable bonds is 7. The summed E-state index contributed by atoms with van der Waals surface area (Å²) in [6.45, 7) is 3.31. The maximum Gasteiger partial charge on any atom is 0.237 e. The zero-order chi connectivity index (χ0) is 16.8. The van der Waals surface area contributed by atoms with Gasteiger partial charge in [0.1, 0.15) is 0 Å². The first-order chi connectivity index (χ1) is 11.8. The molecular weight excluding hydrogens is 320 g/mol. The van der Waals surface area contributed by atoms with Crippen molar-refractivity contribution in [2.24, 2.45) is 0 Å². The van der Waals surface area contributed by atoms with Gasteiger partial charge in [-0.15, -0.1) is 11.3 Å². The summed E-state index contributed by atoms with van der Waals surface area (Å²) in [5.74, 6) is 0.161. The second kappa shape index (κ2) is 8.42. The molecule has 0 saturated heterocycles. The average Bonchev–Trinajstić information content (AvgIpc) is 3.08. The monoisotopic (exact) mass is 344 g/mol. The molecule has 0 aliphatic carbocycles. The molecule has 5 heteroatoms. The predicted octanol–water partition coefficient (Wildman–Crippen LogP) is 2.17. The van der Waals surface area contributed by atoms with Gasteiger partial charge in [0.05, 0.1) is 13.2 Å². The molecule has 0 spiro atoms. The predicted molar refractivity (Wildman–Crippen MR) is 97.1 cm³/mol. The standard InChI is InChI=1S/C19H24N2O2S/c22-12-11-20(9-6-16-4-2-1-3-5-16)15-19(23)21-10-7-18-17(14-21)8-13-24-18/h1-5,8,13,22H,6-7,9-12,14-15H2. The van der Waals surface area contributed by atoms with Crippen LogP contribution in [0.2, 0.25) is 0 Å². The van der Waals surface area contributed by atoms with Crippen LogP contribution in [0, 0.1) is 0 Å². The minimum Gasteiger partial charge on any atom is -0.395 e. The summed E-state index contributed by atoms with van der Waals surface area (Å²) in [5, 5.41) is 11.4. The number of carbonyl (C=O) groups excluding carboxylic acids is 1. The molecule has 0 unspecified atom stereocenters. The molecule has 0 bridgehead atoms. The first-order valence-electron chi connectivity index (χ1n) is 8.46. The third-order valence-electron chi connectivity index (χ3n) is 4.50. The number of aliphatic hydroxyl groups excluding tert-OH is 1. The third-order valence-corrected chi connectivity index (χ3v) is 5.52. The summed E-state index contributed by atoms with van der Waals surface area (Å²) in [4.78, 5) is 18.0. The van der Waals surface area contributed by atoms with Gasteiger partial charge in [0.15, 0.2) is 0 Å². The van der Waals surface area contributed by atoms with Crippen molar-refractivity contribution in [3.05, 3.63) is 57.8 Å². The second-order valence-corrected chi connectivity index (χ2v) is 7.17. The van der Waals surface area contributed by atoms with Crippen LogP contribution in [0.25, 0.3) is 0 Å². The number of hydrogen-bond acceptors (Lipinski definition) is 4. The van der Waals surface area contributed by atoms with Crippen LogP contribution in [-0.4, -0.2) is 53.6 Å². The summed E-state index contributed by atoms with van der Waals surface area (Å²) < 4.78 is 0. The van der Waals surface area contributed by atoms with E-state index in [4.69, 9.17) is 0 Å². The van der Waals surface area contributed by atoms with Gasteiger partial charge in [0.2, 0.25) is 5.91 Å². The first kappa shape index (κ1) is 17.1. The molecule has 128 valence electrons. The fourth-order valence-electron chi connectivity index (χ4n) is 3.10. The maximum atomic E-state index is 12.6. The van der Waals surface area contributed by atoms with E-state index in [1.165, 1.54) is 16.0 Å². The molecule has 1 aliphatic rings. The molecule has 2 aromatic rings.